The van der Waals surface area contributed by atoms with E-state index < -0.39 is 17.5 Å². The normalized spacial score (nSPS) is 17.2. The van der Waals surface area contributed by atoms with Gasteiger partial charge in [-0.15, -0.1) is 0 Å². The Balaban J connectivity index is 1.35. The lowest BCUT2D eigenvalue weighted by atomic mass is 9.90. The zero-order valence-corrected chi connectivity index (χ0v) is 19.6. The molecule has 2 N–H and O–H groups in total. The van der Waals surface area contributed by atoms with E-state index in [-0.39, 0.29) is 41.0 Å². The van der Waals surface area contributed by atoms with Gasteiger partial charge in [-0.05, 0) is 69.0 Å². The summed E-state index contributed by atoms with van der Waals surface area (Å²) in [6, 6.07) is 12.6. The minimum Gasteiger partial charge on any atom is -0.438 e. The molecule has 1 saturated carbocycles. The third kappa shape index (κ3) is 6.10. The molecule has 3 aromatic rings. The van der Waals surface area contributed by atoms with Crippen LogP contribution in [0.3, 0.4) is 0 Å². The van der Waals surface area contributed by atoms with E-state index >= 15 is 0 Å². The zero-order valence-electron chi connectivity index (χ0n) is 19.6. The topological polar surface area (TPSA) is 97.4 Å². The molecule has 9 heteroatoms. The average Bonchev–Trinajstić information content (AvgIpc) is 2.87. The predicted octanol–water partition coefficient (Wildman–Crippen LogP) is 4.83. The van der Waals surface area contributed by atoms with Crippen LogP contribution in [-0.2, 0) is 0 Å². The molecule has 2 amide bonds. The SMILES string of the molecule is CC(=O)c1ccccc1C(=O)NC1CCC(NC(=O)c2cc(F)cnc2Oc2ccc(F)cc2)CC1. The first kappa shape index (κ1) is 25.0. The highest BCUT2D eigenvalue weighted by atomic mass is 19.1. The van der Waals surface area contributed by atoms with E-state index in [9.17, 15) is 23.2 Å². The Morgan fingerprint density at radius 2 is 1.36 bits per heavy atom. The predicted molar refractivity (Wildman–Crippen MR) is 128 cm³/mol. The number of ketones is 1. The van der Waals surface area contributed by atoms with Crippen LogP contribution in [0, 0.1) is 11.6 Å². The molecule has 4 rings (SSSR count). The van der Waals surface area contributed by atoms with Crippen LogP contribution in [0.4, 0.5) is 8.78 Å². The first-order chi connectivity index (χ1) is 17.3. The van der Waals surface area contributed by atoms with Gasteiger partial charge in [0, 0.05) is 17.6 Å². The van der Waals surface area contributed by atoms with Gasteiger partial charge in [-0.1, -0.05) is 18.2 Å². The smallest absolute Gasteiger partial charge is 0.257 e. The molecule has 186 valence electrons. The first-order valence-corrected chi connectivity index (χ1v) is 11.6. The lowest BCUT2D eigenvalue weighted by Gasteiger charge is -2.30. The summed E-state index contributed by atoms with van der Waals surface area (Å²) in [5, 5.41) is 5.86. The Morgan fingerprint density at radius 3 is 1.94 bits per heavy atom. The number of carbonyl (C=O) groups excluding carboxylic acids is 3. The third-order valence-electron chi connectivity index (χ3n) is 6.04. The second kappa shape index (κ2) is 11.1. The van der Waals surface area contributed by atoms with Crippen LogP contribution in [-0.4, -0.2) is 34.7 Å². The average molecular weight is 494 g/mol. The second-order valence-corrected chi connectivity index (χ2v) is 8.66. The number of rotatable bonds is 7. The number of carbonyl (C=O) groups is 3. The molecule has 0 radical (unpaired) electrons. The fraction of sp³-hybridized carbons (Fsp3) is 0.259. The fourth-order valence-corrected chi connectivity index (χ4v) is 4.18. The Kier molecular flexibility index (Phi) is 7.68. The Morgan fingerprint density at radius 1 is 0.806 bits per heavy atom. The van der Waals surface area contributed by atoms with E-state index in [1.54, 1.807) is 24.3 Å². The summed E-state index contributed by atoms with van der Waals surface area (Å²) in [7, 11) is 0. The van der Waals surface area contributed by atoms with Crippen LogP contribution in [0.2, 0.25) is 0 Å². The number of amides is 2. The highest BCUT2D eigenvalue weighted by molar-refractivity contribution is 6.07. The van der Waals surface area contributed by atoms with Crippen molar-refractivity contribution >= 4 is 17.6 Å². The fourth-order valence-electron chi connectivity index (χ4n) is 4.18. The van der Waals surface area contributed by atoms with Crippen LogP contribution < -0.4 is 15.4 Å². The van der Waals surface area contributed by atoms with Crippen LogP contribution in [0.5, 0.6) is 11.6 Å². The number of Topliss-reactive ketones (excluding diaryl/α,β-unsaturated/α-hetero) is 1. The third-order valence-corrected chi connectivity index (χ3v) is 6.04. The quantitative estimate of drug-likeness (QED) is 0.460. The summed E-state index contributed by atoms with van der Waals surface area (Å²) in [6.07, 6.45) is 3.39. The summed E-state index contributed by atoms with van der Waals surface area (Å²) >= 11 is 0. The van der Waals surface area contributed by atoms with E-state index in [0.717, 1.165) is 12.3 Å². The van der Waals surface area contributed by atoms with Crippen molar-refractivity contribution in [3.05, 3.63) is 89.1 Å². The van der Waals surface area contributed by atoms with Crippen LogP contribution >= 0.6 is 0 Å². The maximum Gasteiger partial charge on any atom is 0.257 e. The standard InChI is InChI=1S/C27H25F2N3O4/c1-16(33)22-4-2-3-5-23(22)25(34)31-19-8-10-20(11-9-19)32-26(35)24-14-18(29)15-30-27(24)36-21-12-6-17(28)7-13-21/h2-7,12-15,19-20H,8-11H2,1H3,(H,31,34)(H,32,35). The minimum atomic E-state index is -0.691. The zero-order chi connectivity index (χ0) is 25.7. The summed E-state index contributed by atoms with van der Waals surface area (Å²) in [4.78, 5) is 41.3. The largest absolute Gasteiger partial charge is 0.438 e. The van der Waals surface area contributed by atoms with Gasteiger partial charge < -0.3 is 15.4 Å². The van der Waals surface area contributed by atoms with Crippen LogP contribution in [0.1, 0.15) is 63.7 Å². The molecule has 2 aromatic carbocycles. The van der Waals surface area contributed by atoms with Crippen molar-refractivity contribution in [1.82, 2.24) is 15.6 Å². The van der Waals surface area contributed by atoms with Gasteiger partial charge in [0.15, 0.2) is 5.78 Å². The Bertz CT molecular complexity index is 1270. The van der Waals surface area contributed by atoms with Gasteiger partial charge in [0.25, 0.3) is 11.8 Å². The number of nitrogens with one attached hydrogen (secondary N) is 2. The van der Waals surface area contributed by atoms with Crippen molar-refractivity contribution in [1.29, 1.82) is 0 Å². The van der Waals surface area contributed by atoms with E-state index in [2.05, 4.69) is 15.6 Å². The Hall–Kier alpha value is -4.14. The molecule has 7 nitrogen and oxygen atoms in total. The minimum absolute atomic E-state index is 0.0735. The van der Waals surface area contributed by atoms with E-state index in [0.29, 0.717) is 36.8 Å². The molecule has 1 aliphatic rings. The molecular weight excluding hydrogens is 468 g/mol. The van der Waals surface area contributed by atoms with Crippen LogP contribution in [0.15, 0.2) is 60.8 Å². The van der Waals surface area contributed by atoms with Crippen molar-refractivity contribution in [2.45, 2.75) is 44.7 Å². The van der Waals surface area contributed by atoms with Gasteiger partial charge >= 0.3 is 0 Å². The van der Waals surface area contributed by atoms with E-state index in [1.807, 2.05) is 0 Å². The van der Waals surface area contributed by atoms with Crippen LogP contribution in [0.25, 0.3) is 0 Å². The van der Waals surface area contributed by atoms with Gasteiger partial charge in [0.1, 0.15) is 22.9 Å². The molecule has 1 aromatic heterocycles. The summed E-state index contributed by atoms with van der Waals surface area (Å²) in [5.74, 6) is -1.99. The van der Waals surface area contributed by atoms with Crippen molar-refractivity contribution < 1.29 is 27.9 Å². The molecule has 0 bridgehead atoms. The van der Waals surface area contributed by atoms with Gasteiger partial charge in [-0.3, -0.25) is 14.4 Å². The molecule has 1 fully saturated rings. The highest BCUT2D eigenvalue weighted by Gasteiger charge is 2.26. The Labute approximate surface area is 206 Å². The number of nitrogens with zero attached hydrogens (tertiary/aromatic N) is 1. The van der Waals surface area contributed by atoms with Crippen molar-refractivity contribution in [3.63, 3.8) is 0 Å². The molecule has 1 aliphatic carbocycles. The molecule has 0 atom stereocenters. The number of hydrogen-bond donors (Lipinski definition) is 2. The number of pyridine rings is 1. The number of benzene rings is 2. The lowest BCUT2D eigenvalue weighted by molar-refractivity contribution is 0.0887. The molecule has 1 heterocycles. The number of ether oxygens (including phenoxy) is 1. The first-order valence-electron chi connectivity index (χ1n) is 11.6. The number of aromatic nitrogens is 1. The van der Waals surface area contributed by atoms with Crippen molar-refractivity contribution in [2.75, 3.05) is 0 Å². The maximum absolute atomic E-state index is 13.9. The van der Waals surface area contributed by atoms with Gasteiger partial charge in [0.2, 0.25) is 5.88 Å². The molecular formula is C27H25F2N3O4. The molecule has 36 heavy (non-hydrogen) atoms. The molecule has 0 saturated heterocycles. The lowest BCUT2D eigenvalue weighted by Crippen LogP contribution is -2.44. The molecule has 0 unspecified atom stereocenters. The summed E-state index contributed by atoms with van der Waals surface area (Å²) in [5.41, 5.74) is 0.640. The van der Waals surface area contributed by atoms with E-state index in [1.165, 1.54) is 31.2 Å². The van der Waals surface area contributed by atoms with Gasteiger partial charge in [-0.2, -0.15) is 0 Å². The van der Waals surface area contributed by atoms with Gasteiger partial charge in [0.05, 0.1) is 11.8 Å². The van der Waals surface area contributed by atoms with Crippen molar-refractivity contribution in [3.8, 4) is 11.6 Å². The summed E-state index contributed by atoms with van der Waals surface area (Å²) < 4.78 is 32.6. The highest BCUT2D eigenvalue weighted by Crippen LogP contribution is 2.25. The van der Waals surface area contributed by atoms with E-state index in [4.69, 9.17) is 4.74 Å². The van der Waals surface area contributed by atoms with Gasteiger partial charge in [-0.25, -0.2) is 13.8 Å². The monoisotopic (exact) mass is 493 g/mol. The summed E-state index contributed by atoms with van der Waals surface area (Å²) in [6.45, 7) is 1.42. The van der Waals surface area contributed by atoms with Crippen molar-refractivity contribution in [2.24, 2.45) is 0 Å². The maximum atomic E-state index is 13.9. The molecule has 0 aliphatic heterocycles. The number of hydrogen-bond acceptors (Lipinski definition) is 5. The second-order valence-electron chi connectivity index (χ2n) is 8.66. The molecule has 0 spiro atoms. The number of halogens is 2.